The average molecular weight is 230 g/mol. The molecule has 0 heterocycles. The molecule has 4 N–H and O–H groups in total. The van der Waals surface area contributed by atoms with E-state index in [1.54, 1.807) is 0 Å². The number of thiol groups is 1. The molecule has 2 nitrogen and oxygen atoms in total. The largest absolute Gasteiger partial charge is 0.402 e. The third-order valence-corrected chi connectivity index (χ3v) is 3.66. The molecule has 0 amide bonds. The first kappa shape index (κ1) is 14.8. The van der Waals surface area contributed by atoms with Gasteiger partial charge in [-0.15, -0.1) is 0 Å². The molecule has 90 valence electrons. The van der Waals surface area contributed by atoms with Crippen molar-refractivity contribution >= 4 is 12.6 Å². The molecule has 0 aromatic rings. The standard InChI is InChI=1S/C12H26N2S/c1-4-7-12(15,9-13)8-6-11(14)10(3)5-2/h15H,4-9,13-14H2,1-3H3. The van der Waals surface area contributed by atoms with Gasteiger partial charge in [0.25, 0.3) is 0 Å². The molecule has 1 atom stereocenters. The maximum atomic E-state index is 5.99. The molecule has 3 heteroatoms. The van der Waals surface area contributed by atoms with Gasteiger partial charge in [0.15, 0.2) is 0 Å². The molecule has 0 fully saturated rings. The molecule has 0 saturated heterocycles. The molecule has 0 rings (SSSR count). The van der Waals surface area contributed by atoms with E-state index >= 15 is 0 Å². The zero-order valence-electron chi connectivity index (χ0n) is 10.3. The maximum Gasteiger partial charge on any atom is 0.0255 e. The zero-order chi connectivity index (χ0) is 11.9. The monoisotopic (exact) mass is 230 g/mol. The first-order valence-corrected chi connectivity index (χ1v) is 6.30. The second-order valence-electron chi connectivity index (χ2n) is 4.34. The summed E-state index contributed by atoms with van der Waals surface area (Å²) in [5, 5.41) is 0. The van der Waals surface area contributed by atoms with Crippen LogP contribution in [-0.4, -0.2) is 11.3 Å². The first-order valence-electron chi connectivity index (χ1n) is 5.85. The van der Waals surface area contributed by atoms with Gasteiger partial charge in [0.05, 0.1) is 0 Å². The van der Waals surface area contributed by atoms with Crippen LogP contribution >= 0.6 is 12.6 Å². The fourth-order valence-corrected chi connectivity index (χ4v) is 1.94. The predicted molar refractivity (Wildman–Crippen MR) is 72.1 cm³/mol. The Balaban J connectivity index is 4.23. The summed E-state index contributed by atoms with van der Waals surface area (Å²) in [4.78, 5) is 0. The lowest BCUT2D eigenvalue weighted by Crippen LogP contribution is -2.32. The summed E-state index contributed by atoms with van der Waals surface area (Å²) in [5.41, 5.74) is 14.1. The highest BCUT2D eigenvalue weighted by molar-refractivity contribution is 7.81. The lowest BCUT2D eigenvalue weighted by atomic mass is 9.95. The number of rotatable bonds is 7. The number of hydrogen-bond donors (Lipinski definition) is 3. The van der Waals surface area contributed by atoms with Gasteiger partial charge in [-0.25, -0.2) is 0 Å². The van der Waals surface area contributed by atoms with Crippen molar-refractivity contribution in [3.63, 3.8) is 0 Å². The minimum Gasteiger partial charge on any atom is -0.402 e. The van der Waals surface area contributed by atoms with E-state index in [0.29, 0.717) is 6.54 Å². The highest BCUT2D eigenvalue weighted by atomic mass is 32.1. The van der Waals surface area contributed by atoms with Crippen molar-refractivity contribution in [1.29, 1.82) is 0 Å². The van der Waals surface area contributed by atoms with Gasteiger partial charge in [0.2, 0.25) is 0 Å². The molecular formula is C12H26N2S. The van der Waals surface area contributed by atoms with Crippen molar-refractivity contribution in [3.05, 3.63) is 11.3 Å². The van der Waals surface area contributed by atoms with Gasteiger partial charge in [-0.2, -0.15) is 12.6 Å². The topological polar surface area (TPSA) is 52.0 Å². The molecule has 0 aliphatic heterocycles. The van der Waals surface area contributed by atoms with Crippen molar-refractivity contribution in [3.8, 4) is 0 Å². The van der Waals surface area contributed by atoms with Crippen molar-refractivity contribution in [2.24, 2.45) is 11.5 Å². The van der Waals surface area contributed by atoms with Crippen LogP contribution in [0.5, 0.6) is 0 Å². The average Bonchev–Trinajstić information content (AvgIpc) is 2.25. The van der Waals surface area contributed by atoms with E-state index in [1.807, 2.05) is 0 Å². The second kappa shape index (κ2) is 7.18. The van der Waals surface area contributed by atoms with E-state index in [2.05, 4.69) is 33.4 Å². The molecular weight excluding hydrogens is 204 g/mol. The van der Waals surface area contributed by atoms with Gasteiger partial charge in [-0.05, 0) is 32.6 Å². The van der Waals surface area contributed by atoms with Crippen LogP contribution in [0, 0.1) is 0 Å². The third kappa shape index (κ3) is 5.47. The van der Waals surface area contributed by atoms with Crippen molar-refractivity contribution < 1.29 is 0 Å². The molecule has 0 bridgehead atoms. The molecule has 0 radical (unpaired) electrons. The fourth-order valence-electron chi connectivity index (χ4n) is 1.60. The SMILES string of the molecule is CCCC(S)(CN)CCC(N)=C(C)CC. The van der Waals surface area contributed by atoms with Crippen LogP contribution in [0.4, 0.5) is 0 Å². The summed E-state index contributed by atoms with van der Waals surface area (Å²) in [6.45, 7) is 7.02. The lowest BCUT2D eigenvalue weighted by molar-refractivity contribution is 0.505. The van der Waals surface area contributed by atoms with Crippen LogP contribution in [0.25, 0.3) is 0 Å². The summed E-state index contributed by atoms with van der Waals surface area (Å²) in [7, 11) is 0. The molecule has 0 spiro atoms. The fraction of sp³-hybridized carbons (Fsp3) is 0.833. The van der Waals surface area contributed by atoms with Crippen LogP contribution in [0.2, 0.25) is 0 Å². The van der Waals surface area contributed by atoms with Crippen LogP contribution < -0.4 is 11.5 Å². The smallest absolute Gasteiger partial charge is 0.0255 e. The van der Waals surface area contributed by atoms with E-state index in [9.17, 15) is 0 Å². The number of hydrogen-bond acceptors (Lipinski definition) is 3. The Morgan fingerprint density at radius 2 is 1.87 bits per heavy atom. The van der Waals surface area contributed by atoms with Gasteiger partial charge in [-0.3, -0.25) is 0 Å². The van der Waals surface area contributed by atoms with E-state index in [4.69, 9.17) is 11.5 Å². The Kier molecular flexibility index (Phi) is 7.11. The summed E-state index contributed by atoms with van der Waals surface area (Å²) in [6.07, 6.45) is 5.11. The summed E-state index contributed by atoms with van der Waals surface area (Å²) in [6, 6.07) is 0. The third-order valence-electron chi connectivity index (χ3n) is 3.03. The van der Waals surface area contributed by atoms with Gasteiger partial charge >= 0.3 is 0 Å². The summed E-state index contributed by atoms with van der Waals surface area (Å²) in [5.74, 6) is 0. The predicted octanol–water partition coefficient (Wildman–Crippen LogP) is 2.84. The molecule has 0 aromatic carbocycles. The summed E-state index contributed by atoms with van der Waals surface area (Å²) < 4.78 is -0.0343. The quantitative estimate of drug-likeness (QED) is 0.589. The number of allylic oxidation sites excluding steroid dienone is 2. The van der Waals surface area contributed by atoms with Gasteiger partial charge < -0.3 is 11.5 Å². The van der Waals surface area contributed by atoms with Crippen LogP contribution in [0.1, 0.15) is 52.9 Å². The van der Waals surface area contributed by atoms with Crippen LogP contribution in [-0.2, 0) is 0 Å². The Labute approximate surface area is 99.9 Å². The second-order valence-corrected chi connectivity index (χ2v) is 5.29. The Morgan fingerprint density at radius 3 is 2.27 bits per heavy atom. The lowest BCUT2D eigenvalue weighted by Gasteiger charge is -2.26. The van der Waals surface area contributed by atoms with Crippen LogP contribution in [0.15, 0.2) is 11.3 Å². The Bertz CT molecular complexity index is 214. The van der Waals surface area contributed by atoms with Crippen molar-refractivity contribution in [2.75, 3.05) is 6.54 Å². The van der Waals surface area contributed by atoms with E-state index in [1.165, 1.54) is 5.57 Å². The van der Waals surface area contributed by atoms with Crippen molar-refractivity contribution in [1.82, 2.24) is 0 Å². The minimum atomic E-state index is -0.0343. The highest BCUT2D eigenvalue weighted by Gasteiger charge is 2.22. The molecule has 15 heavy (non-hydrogen) atoms. The molecule has 0 saturated carbocycles. The zero-order valence-corrected chi connectivity index (χ0v) is 11.2. The first-order chi connectivity index (χ1) is 6.99. The van der Waals surface area contributed by atoms with E-state index < -0.39 is 0 Å². The maximum absolute atomic E-state index is 5.99. The van der Waals surface area contributed by atoms with E-state index in [-0.39, 0.29) is 4.75 Å². The molecule has 0 aliphatic carbocycles. The number of nitrogens with two attached hydrogens (primary N) is 2. The molecule has 1 unspecified atom stereocenters. The normalized spacial score (nSPS) is 17.1. The van der Waals surface area contributed by atoms with E-state index in [0.717, 1.165) is 37.8 Å². The minimum absolute atomic E-state index is 0.0343. The van der Waals surface area contributed by atoms with Crippen LogP contribution in [0.3, 0.4) is 0 Å². The molecule has 0 aromatic heterocycles. The Hall–Kier alpha value is -0.150. The van der Waals surface area contributed by atoms with Gasteiger partial charge in [-0.1, -0.05) is 25.8 Å². The van der Waals surface area contributed by atoms with Gasteiger partial charge in [0.1, 0.15) is 0 Å². The highest BCUT2D eigenvalue weighted by Crippen LogP contribution is 2.27. The Morgan fingerprint density at radius 1 is 1.27 bits per heavy atom. The molecule has 0 aliphatic rings. The van der Waals surface area contributed by atoms with Gasteiger partial charge in [0, 0.05) is 17.0 Å². The summed E-state index contributed by atoms with van der Waals surface area (Å²) >= 11 is 4.67. The van der Waals surface area contributed by atoms with Crippen molar-refractivity contribution in [2.45, 2.75) is 57.6 Å².